The van der Waals surface area contributed by atoms with Crippen LogP contribution < -0.4 is 10.0 Å². The van der Waals surface area contributed by atoms with Crippen LogP contribution in [0.4, 0.5) is 0 Å². The largest absolute Gasteiger partial charge is 0.320 e. The molecule has 0 aliphatic carbocycles. The fraction of sp³-hybridized carbons (Fsp3) is 0.600. The van der Waals surface area contributed by atoms with E-state index in [4.69, 9.17) is 0 Å². The fourth-order valence-electron chi connectivity index (χ4n) is 1.30. The Morgan fingerprint density at radius 3 is 2.81 bits per heavy atom. The van der Waals surface area contributed by atoms with Crippen LogP contribution in [0.25, 0.3) is 0 Å². The van der Waals surface area contributed by atoms with Gasteiger partial charge < -0.3 is 5.32 Å². The predicted octanol–water partition coefficient (Wildman–Crippen LogP) is 0.820. The van der Waals surface area contributed by atoms with E-state index in [1.807, 2.05) is 23.9 Å². The number of nitrogens with one attached hydrogen (secondary N) is 2. The van der Waals surface area contributed by atoms with Gasteiger partial charge in [-0.25, -0.2) is 13.1 Å². The Morgan fingerprint density at radius 2 is 2.19 bits per heavy atom. The smallest absolute Gasteiger partial charge is 0.211 e. The van der Waals surface area contributed by atoms with Crippen molar-refractivity contribution in [2.75, 3.05) is 25.9 Å². The first kappa shape index (κ1) is 13.6. The fourth-order valence-corrected chi connectivity index (χ4v) is 3.08. The van der Waals surface area contributed by atoms with Gasteiger partial charge in [0.15, 0.2) is 0 Å². The van der Waals surface area contributed by atoms with Crippen LogP contribution in [0.15, 0.2) is 16.8 Å². The van der Waals surface area contributed by atoms with Crippen molar-refractivity contribution in [3.8, 4) is 0 Å². The zero-order valence-corrected chi connectivity index (χ0v) is 11.0. The third-order valence-electron chi connectivity index (χ3n) is 2.16. The van der Waals surface area contributed by atoms with E-state index in [9.17, 15) is 8.42 Å². The minimum absolute atomic E-state index is 0.192. The maximum Gasteiger partial charge on any atom is 0.211 e. The van der Waals surface area contributed by atoms with Gasteiger partial charge in [-0.3, -0.25) is 0 Å². The highest BCUT2D eigenvalue weighted by atomic mass is 32.2. The van der Waals surface area contributed by atoms with Gasteiger partial charge in [0.1, 0.15) is 0 Å². The maximum atomic E-state index is 11.5. The lowest BCUT2D eigenvalue weighted by molar-refractivity contribution is 0.577. The molecule has 0 saturated heterocycles. The number of sulfonamides is 1. The third kappa shape index (κ3) is 5.60. The van der Waals surface area contributed by atoms with Crippen molar-refractivity contribution in [2.24, 2.45) is 0 Å². The molecular weight excluding hydrogens is 244 g/mol. The summed E-state index contributed by atoms with van der Waals surface area (Å²) in [6.07, 6.45) is 1.40. The molecule has 0 amide bonds. The predicted molar refractivity (Wildman–Crippen MR) is 68.4 cm³/mol. The van der Waals surface area contributed by atoms with Crippen molar-refractivity contribution in [3.63, 3.8) is 0 Å². The molecule has 92 valence electrons. The molecule has 0 atom stereocenters. The monoisotopic (exact) mass is 262 g/mol. The third-order valence-corrected chi connectivity index (χ3v) is 4.36. The summed E-state index contributed by atoms with van der Waals surface area (Å²) >= 11 is 1.63. The summed E-state index contributed by atoms with van der Waals surface area (Å²) in [4.78, 5) is 0. The van der Waals surface area contributed by atoms with Gasteiger partial charge >= 0.3 is 0 Å². The lowest BCUT2D eigenvalue weighted by Crippen LogP contribution is -2.29. The molecule has 1 aromatic rings. The minimum atomic E-state index is -3.09. The number of thiophene rings is 1. The summed E-state index contributed by atoms with van der Waals surface area (Å²) in [5.41, 5.74) is 1.18. The Bertz CT molecular complexity index is 374. The molecule has 4 nitrogen and oxygen atoms in total. The highest BCUT2D eigenvalue weighted by Crippen LogP contribution is 2.05. The average Bonchev–Trinajstić information content (AvgIpc) is 2.70. The summed E-state index contributed by atoms with van der Waals surface area (Å²) in [5.74, 6) is 0.192. The molecule has 1 rings (SSSR count). The van der Waals surface area contributed by atoms with E-state index in [0.29, 0.717) is 13.0 Å². The Labute approximate surface area is 101 Å². The topological polar surface area (TPSA) is 58.2 Å². The molecule has 0 fully saturated rings. The number of rotatable bonds is 8. The second-order valence-corrected chi connectivity index (χ2v) is 6.26. The van der Waals surface area contributed by atoms with Crippen LogP contribution in [0.1, 0.15) is 12.0 Å². The highest BCUT2D eigenvalue weighted by molar-refractivity contribution is 7.89. The van der Waals surface area contributed by atoms with Crippen LogP contribution in [-0.4, -0.2) is 34.3 Å². The van der Waals surface area contributed by atoms with Gasteiger partial charge in [-0.1, -0.05) is 0 Å². The molecule has 1 heterocycles. The number of hydrogen-bond acceptors (Lipinski definition) is 4. The second-order valence-electron chi connectivity index (χ2n) is 3.55. The normalized spacial score (nSPS) is 11.8. The van der Waals surface area contributed by atoms with Gasteiger partial charge in [-0.05, 0) is 48.8 Å². The average molecular weight is 262 g/mol. The first-order chi connectivity index (χ1) is 7.64. The SMILES string of the molecule is CNCCCS(=O)(=O)NCCc1ccsc1. The van der Waals surface area contributed by atoms with E-state index < -0.39 is 10.0 Å². The van der Waals surface area contributed by atoms with Gasteiger partial charge in [0.05, 0.1) is 5.75 Å². The van der Waals surface area contributed by atoms with E-state index in [-0.39, 0.29) is 5.75 Å². The highest BCUT2D eigenvalue weighted by Gasteiger charge is 2.08. The molecule has 0 bridgehead atoms. The van der Waals surface area contributed by atoms with Crippen molar-refractivity contribution in [3.05, 3.63) is 22.4 Å². The minimum Gasteiger partial charge on any atom is -0.320 e. The van der Waals surface area contributed by atoms with Crippen LogP contribution in [-0.2, 0) is 16.4 Å². The molecule has 0 aliphatic heterocycles. The molecule has 0 saturated carbocycles. The van der Waals surface area contributed by atoms with Crippen molar-refractivity contribution in [2.45, 2.75) is 12.8 Å². The Balaban J connectivity index is 2.20. The van der Waals surface area contributed by atoms with Gasteiger partial charge in [0.25, 0.3) is 0 Å². The molecule has 1 aromatic heterocycles. The van der Waals surface area contributed by atoms with Gasteiger partial charge in [0.2, 0.25) is 10.0 Å². The zero-order chi connectivity index (χ0) is 11.9. The first-order valence-corrected chi connectivity index (χ1v) is 7.86. The van der Waals surface area contributed by atoms with Gasteiger partial charge in [0, 0.05) is 6.54 Å². The van der Waals surface area contributed by atoms with Crippen LogP contribution >= 0.6 is 11.3 Å². The van der Waals surface area contributed by atoms with E-state index in [1.54, 1.807) is 11.3 Å². The summed E-state index contributed by atoms with van der Waals surface area (Å²) in [6, 6.07) is 2.01. The Hall–Kier alpha value is -0.430. The first-order valence-electron chi connectivity index (χ1n) is 5.27. The lowest BCUT2D eigenvalue weighted by atomic mass is 10.2. The van der Waals surface area contributed by atoms with Crippen LogP contribution in [0.2, 0.25) is 0 Å². The van der Waals surface area contributed by atoms with Crippen LogP contribution in [0, 0.1) is 0 Å². The standard InChI is InChI=1S/C10H18N2O2S2/c1-11-5-2-8-16(13,14)12-6-3-10-4-7-15-9-10/h4,7,9,11-12H,2-3,5-6,8H2,1H3. The van der Waals surface area contributed by atoms with E-state index in [1.165, 1.54) is 5.56 Å². The van der Waals surface area contributed by atoms with Crippen molar-refractivity contribution in [1.82, 2.24) is 10.0 Å². The van der Waals surface area contributed by atoms with Crippen molar-refractivity contribution < 1.29 is 8.42 Å². The van der Waals surface area contributed by atoms with Gasteiger partial charge in [-0.2, -0.15) is 11.3 Å². The molecule has 0 spiro atoms. The lowest BCUT2D eigenvalue weighted by Gasteiger charge is -2.05. The molecular formula is C10H18N2O2S2. The Kier molecular flexibility index (Phi) is 5.97. The zero-order valence-electron chi connectivity index (χ0n) is 9.40. The van der Waals surface area contributed by atoms with E-state index in [2.05, 4.69) is 10.0 Å². The number of hydrogen-bond donors (Lipinski definition) is 2. The summed E-state index contributed by atoms with van der Waals surface area (Å²) < 4.78 is 25.6. The quantitative estimate of drug-likeness (QED) is 0.682. The maximum absolute atomic E-state index is 11.5. The molecule has 0 aromatic carbocycles. The molecule has 6 heteroatoms. The second kappa shape index (κ2) is 7.01. The van der Waals surface area contributed by atoms with Gasteiger partial charge in [-0.15, -0.1) is 0 Å². The van der Waals surface area contributed by atoms with Crippen LogP contribution in [0.3, 0.4) is 0 Å². The molecule has 0 radical (unpaired) electrons. The van der Waals surface area contributed by atoms with Crippen LogP contribution in [0.5, 0.6) is 0 Å². The summed E-state index contributed by atoms with van der Waals surface area (Å²) in [6.45, 7) is 1.21. The summed E-state index contributed by atoms with van der Waals surface area (Å²) in [7, 11) is -1.28. The molecule has 0 unspecified atom stereocenters. The van der Waals surface area contributed by atoms with Crippen molar-refractivity contribution >= 4 is 21.4 Å². The van der Waals surface area contributed by atoms with Crippen molar-refractivity contribution in [1.29, 1.82) is 0 Å². The summed E-state index contributed by atoms with van der Waals surface area (Å²) in [5, 5.41) is 6.96. The van der Waals surface area contributed by atoms with E-state index >= 15 is 0 Å². The Morgan fingerprint density at radius 1 is 1.38 bits per heavy atom. The molecule has 2 N–H and O–H groups in total. The molecule has 0 aliphatic rings. The molecule has 16 heavy (non-hydrogen) atoms. The van der Waals surface area contributed by atoms with E-state index in [0.717, 1.165) is 13.0 Å².